The molecule has 2 aromatic rings. The van der Waals surface area contributed by atoms with Crippen LogP contribution in [0.25, 0.3) is 0 Å². The first-order chi connectivity index (χ1) is 9.38. The van der Waals surface area contributed by atoms with E-state index in [0.29, 0.717) is 0 Å². The van der Waals surface area contributed by atoms with Crippen molar-refractivity contribution in [3.8, 4) is 4.93 Å². The summed E-state index contributed by atoms with van der Waals surface area (Å²) in [4.78, 5) is 2.16. The standard InChI is InChI=1S/C14H12O2.CN.Al/c15-13(11-7-3-1-4-8-11)14(16)12-9-5-2-6-10-12;1-2;/h1-10,13-14H;;/q-2;;+2/t13-,14-;;/m1../s1. The first-order valence-corrected chi connectivity index (χ1v) is 7.71. The number of hydrogen-bond acceptors (Lipinski definition) is 3. The fraction of sp³-hybridized carbons (Fsp3) is 0.133. The largest absolute Gasteiger partial charge is 0.817 e. The molecule has 3 nitrogen and oxygen atoms in total. The van der Waals surface area contributed by atoms with Crippen LogP contribution >= 0.6 is 0 Å². The molecule has 19 heavy (non-hydrogen) atoms. The van der Waals surface area contributed by atoms with E-state index in [2.05, 4.69) is 4.93 Å². The van der Waals surface area contributed by atoms with Crippen molar-refractivity contribution in [2.75, 3.05) is 0 Å². The van der Waals surface area contributed by atoms with Crippen LogP contribution in [-0.4, -0.2) is 14.8 Å². The molecule has 1 saturated heterocycles. The zero-order valence-corrected chi connectivity index (χ0v) is 11.4. The molecule has 3 rings (SSSR count). The molecule has 2 aromatic carbocycles. The average molecular weight is 265 g/mol. The van der Waals surface area contributed by atoms with E-state index in [1.165, 1.54) is 0 Å². The van der Waals surface area contributed by atoms with Crippen molar-refractivity contribution in [1.29, 1.82) is 5.26 Å². The molecule has 0 N–H and O–H groups in total. The lowest BCUT2D eigenvalue weighted by molar-refractivity contribution is 0.159. The molecule has 0 saturated carbocycles. The van der Waals surface area contributed by atoms with Crippen LogP contribution in [0.1, 0.15) is 23.3 Å². The van der Waals surface area contributed by atoms with Crippen molar-refractivity contribution in [1.82, 2.24) is 0 Å². The van der Waals surface area contributed by atoms with Crippen LogP contribution in [0, 0.1) is 10.2 Å². The van der Waals surface area contributed by atoms with E-state index < -0.39 is 14.8 Å². The maximum absolute atomic E-state index is 9.06. The molecule has 0 radical (unpaired) electrons. The monoisotopic (exact) mass is 265 g/mol. The lowest BCUT2D eigenvalue weighted by Crippen LogP contribution is -2.11. The zero-order chi connectivity index (χ0) is 13.1. The van der Waals surface area contributed by atoms with Crippen molar-refractivity contribution in [3.63, 3.8) is 0 Å². The quantitative estimate of drug-likeness (QED) is 0.784. The zero-order valence-electron chi connectivity index (χ0n) is 10.3. The summed E-state index contributed by atoms with van der Waals surface area (Å²) in [6.45, 7) is 0. The molecule has 0 amide bonds. The van der Waals surface area contributed by atoms with Crippen LogP contribution in [0.3, 0.4) is 0 Å². The van der Waals surface area contributed by atoms with Crippen molar-refractivity contribution < 1.29 is 7.58 Å². The molecule has 0 unspecified atom stereocenters. The molecule has 0 bridgehead atoms. The molecule has 0 aliphatic carbocycles. The third kappa shape index (κ3) is 2.56. The molecule has 1 aliphatic heterocycles. The van der Waals surface area contributed by atoms with E-state index in [4.69, 9.17) is 12.8 Å². The van der Waals surface area contributed by atoms with Crippen molar-refractivity contribution in [2.45, 2.75) is 12.2 Å². The van der Waals surface area contributed by atoms with Gasteiger partial charge in [0.2, 0.25) is 0 Å². The lowest BCUT2D eigenvalue weighted by Gasteiger charge is -2.20. The fourth-order valence-corrected chi connectivity index (χ4v) is 3.61. The molecule has 0 aromatic heterocycles. The van der Waals surface area contributed by atoms with Gasteiger partial charge in [-0.1, -0.05) is 60.7 Å². The van der Waals surface area contributed by atoms with Crippen LogP contribution in [-0.2, 0) is 7.58 Å². The van der Waals surface area contributed by atoms with Gasteiger partial charge >= 0.3 is 14.8 Å². The van der Waals surface area contributed by atoms with E-state index in [1.807, 2.05) is 60.7 Å². The van der Waals surface area contributed by atoms with E-state index in [1.54, 1.807) is 0 Å². The third-order valence-electron chi connectivity index (χ3n) is 3.18. The van der Waals surface area contributed by atoms with Gasteiger partial charge in [-0.25, -0.2) is 5.26 Å². The molecular formula is C15H12AlNO2. The normalized spacial score (nSPS) is 22.2. The van der Waals surface area contributed by atoms with Crippen LogP contribution in [0.4, 0.5) is 0 Å². The Morgan fingerprint density at radius 3 is 1.58 bits per heavy atom. The molecule has 1 aliphatic rings. The number of rotatable bonds is 2. The van der Waals surface area contributed by atoms with Gasteiger partial charge in [-0.05, 0) is 11.1 Å². The smallest absolute Gasteiger partial charge is 0.459 e. The Morgan fingerprint density at radius 2 is 1.21 bits per heavy atom. The van der Waals surface area contributed by atoms with E-state index in [9.17, 15) is 0 Å². The summed E-state index contributed by atoms with van der Waals surface area (Å²) in [5.74, 6) is 0. The van der Waals surface area contributed by atoms with Gasteiger partial charge in [0.25, 0.3) is 0 Å². The van der Waals surface area contributed by atoms with E-state index in [0.717, 1.165) is 11.1 Å². The minimum absolute atomic E-state index is 0.181. The van der Waals surface area contributed by atoms with Crippen molar-refractivity contribution in [2.24, 2.45) is 0 Å². The molecule has 1 heterocycles. The molecule has 2 atom stereocenters. The average Bonchev–Trinajstić information content (AvgIpc) is 2.93. The number of hydrogen-bond donors (Lipinski definition) is 0. The summed E-state index contributed by atoms with van der Waals surface area (Å²) in [7, 11) is 0. The minimum atomic E-state index is -2.21. The Labute approximate surface area is 117 Å². The number of nitriles is 1. The maximum atomic E-state index is 9.06. The highest BCUT2D eigenvalue weighted by Crippen LogP contribution is 2.40. The summed E-state index contributed by atoms with van der Waals surface area (Å²) in [5.41, 5.74) is 2.11. The van der Waals surface area contributed by atoms with Gasteiger partial charge in [0.1, 0.15) is 0 Å². The second-order valence-corrected chi connectivity index (χ2v) is 5.86. The maximum Gasteiger partial charge on any atom is 0.817 e. The van der Waals surface area contributed by atoms with Gasteiger partial charge in [0.05, 0.1) is 12.2 Å². The van der Waals surface area contributed by atoms with Gasteiger partial charge in [0.15, 0.2) is 0 Å². The van der Waals surface area contributed by atoms with Gasteiger partial charge < -0.3 is 7.58 Å². The lowest BCUT2D eigenvalue weighted by atomic mass is 9.99. The summed E-state index contributed by atoms with van der Waals surface area (Å²) < 4.78 is 11.6. The highest BCUT2D eigenvalue weighted by Gasteiger charge is 2.45. The molecule has 92 valence electrons. The summed E-state index contributed by atoms with van der Waals surface area (Å²) in [5, 5.41) is 9.06. The molecule has 1 fully saturated rings. The Hall–Kier alpha value is -1.62. The topological polar surface area (TPSA) is 42.2 Å². The first kappa shape index (κ1) is 12.4. The van der Waals surface area contributed by atoms with Gasteiger partial charge in [-0.15, -0.1) is 0 Å². The van der Waals surface area contributed by atoms with E-state index >= 15 is 0 Å². The Bertz CT molecular complexity index is 535. The van der Waals surface area contributed by atoms with Gasteiger partial charge in [0, 0.05) is 4.93 Å². The molecular weight excluding hydrogens is 253 g/mol. The third-order valence-corrected chi connectivity index (χ3v) is 4.47. The Morgan fingerprint density at radius 1 is 0.789 bits per heavy atom. The second kappa shape index (κ2) is 5.57. The predicted octanol–water partition coefficient (Wildman–Crippen LogP) is 3.07. The second-order valence-electron chi connectivity index (χ2n) is 4.40. The summed E-state index contributed by atoms with van der Waals surface area (Å²) in [6.07, 6.45) is -0.361. The van der Waals surface area contributed by atoms with Gasteiger partial charge in [-0.2, -0.15) is 0 Å². The van der Waals surface area contributed by atoms with Crippen LogP contribution in [0.15, 0.2) is 60.7 Å². The predicted molar refractivity (Wildman–Crippen MR) is 71.9 cm³/mol. The molecule has 4 heteroatoms. The Balaban J connectivity index is 1.95. The van der Waals surface area contributed by atoms with Crippen molar-refractivity contribution >= 4 is 14.8 Å². The summed E-state index contributed by atoms with van der Waals surface area (Å²) in [6, 6.07) is 19.9. The van der Waals surface area contributed by atoms with Gasteiger partial charge in [-0.3, -0.25) is 0 Å². The minimum Gasteiger partial charge on any atom is -0.459 e. The molecule has 0 spiro atoms. The fourth-order valence-electron chi connectivity index (χ4n) is 2.29. The van der Waals surface area contributed by atoms with Crippen molar-refractivity contribution in [3.05, 3.63) is 71.8 Å². The number of nitrogens with zero attached hydrogens (tertiary/aromatic N) is 1. The van der Waals surface area contributed by atoms with Crippen LogP contribution in [0.2, 0.25) is 0 Å². The summed E-state index contributed by atoms with van der Waals surface area (Å²) >= 11 is -2.21. The SMILES string of the molecule is N#[C][Al]1[O][C@H](c2ccccc2)[C@@H](c2ccccc2)[O]1. The van der Waals surface area contributed by atoms with E-state index in [-0.39, 0.29) is 12.2 Å². The van der Waals surface area contributed by atoms with Crippen LogP contribution < -0.4 is 0 Å². The number of benzene rings is 2. The highest BCUT2D eigenvalue weighted by atomic mass is 27.2. The highest BCUT2D eigenvalue weighted by molar-refractivity contribution is 6.54. The Kier molecular flexibility index (Phi) is 3.64. The first-order valence-electron chi connectivity index (χ1n) is 6.19. The van der Waals surface area contributed by atoms with Crippen LogP contribution in [0.5, 0.6) is 0 Å².